The Bertz CT molecular complexity index is 158. The van der Waals surface area contributed by atoms with Crippen molar-refractivity contribution in [2.24, 2.45) is 11.1 Å². The summed E-state index contributed by atoms with van der Waals surface area (Å²) in [6, 6.07) is 0.692. The summed E-state index contributed by atoms with van der Waals surface area (Å²) in [5.41, 5.74) is 6.13. The topological polar surface area (TPSA) is 29.3 Å². The van der Waals surface area contributed by atoms with Crippen molar-refractivity contribution in [1.29, 1.82) is 0 Å². The quantitative estimate of drug-likeness (QED) is 0.697. The lowest BCUT2D eigenvalue weighted by atomic mass is 9.87. The average molecular weight is 232 g/mol. The van der Waals surface area contributed by atoms with Crippen molar-refractivity contribution < 1.29 is 0 Å². The van der Waals surface area contributed by atoms with Crippen LogP contribution in [0.15, 0.2) is 0 Å². The molecule has 2 N–H and O–H groups in total. The van der Waals surface area contributed by atoms with Crippen LogP contribution in [0.3, 0.4) is 0 Å². The maximum atomic E-state index is 5.85. The first-order chi connectivity index (χ1) is 7.02. The van der Waals surface area contributed by atoms with Gasteiger partial charge in [0, 0.05) is 18.3 Å². The summed E-state index contributed by atoms with van der Waals surface area (Å²) in [4.78, 5) is 2.48. The van der Waals surface area contributed by atoms with E-state index in [-0.39, 0.29) is 5.41 Å². The molecule has 92 valence electrons. The fraction of sp³-hybridized carbons (Fsp3) is 1.00. The van der Waals surface area contributed by atoms with Crippen LogP contribution in [0, 0.1) is 5.41 Å². The van der Waals surface area contributed by atoms with Crippen molar-refractivity contribution in [3.05, 3.63) is 0 Å². The predicted octanol–water partition coefficient (Wildman–Crippen LogP) is 2.43. The molecule has 0 rings (SSSR count). The highest BCUT2D eigenvalue weighted by atomic mass is 32.2. The van der Waals surface area contributed by atoms with Crippen LogP contribution in [0.5, 0.6) is 0 Å². The first-order valence-corrected chi connectivity index (χ1v) is 7.31. The summed E-state index contributed by atoms with van der Waals surface area (Å²) in [6.45, 7) is 8.68. The maximum Gasteiger partial charge on any atom is 0.0180 e. The van der Waals surface area contributed by atoms with Crippen molar-refractivity contribution in [2.45, 2.75) is 39.7 Å². The molecule has 3 heteroatoms. The number of nitrogens with two attached hydrogens (primary N) is 1. The smallest absolute Gasteiger partial charge is 0.0180 e. The van der Waals surface area contributed by atoms with E-state index in [4.69, 9.17) is 5.73 Å². The van der Waals surface area contributed by atoms with Crippen LogP contribution in [0.2, 0.25) is 0 Å². The minimum atomic E-state index is 0.278. The highest BCUT2D eigenvalue weighted by molar-refractivity contribution is 7.98. The molecule has 0 saturated carbocycles. The Balaban J connectivity index is 4.24. The summed E-state index contributed by atoms with van der Waals surface area (Å²) in [7, 11) is 2.23. The molecule has 0 aromatic rings. The monoisotopic (exact) mass is 232 g/mol. The van der Waals surface area contributed by atoms with E-state index in [1.165, 1.54) is 12.2 Å². The van der Waals surface area contributed by atoms with Gasteiger partial charge in [0.05, 0.1) is 0 Å². The molecule has 0 heterocycles. The lowest BCUT2D eigenvalue weighted by Crippen LogP contribution is -2.43. The molecule has 0 fully saturated rings. The van der Waals surface area contributed by atoms with E-state index in [2.05, 4.69) is 39.0 Å². The molecule has 0 spiro atoms. The van der Waals surface area contributed by atoms with E-state index in [1.807, 2.05) is 11.8 Å². The highest BCUT2D eigenvalue weighted by Crippen LogP contribution is 2.22. The van der Waals surface area contributed by atoms with Crippen LogP contribution >= 0.6 is 11.8 Å². The van der Waals surface area contributed by atoms with Crippen molar-refractivity contribution in [1.82, 2.24) is 4.90 Å². The van der Waals surface area contributed by atoms with Gasteiger partial charge in [-0.05, 0) is 38.1 Å². The Morgan fingerprint density at radius 2 is 2.00 bits per heavy atom. The molecule has 0 bridgehead atoms. The fourth-order valence-electron chi connectivity index (χ4n) is 1.80. The van der Waals surface area contributed by atoms with Crippen molar-refractivity contribution >= 4 is 11.8 Å². The standard InChI is InChI=1S/C12H28N2S/c1-6-11(8-15-5)14(4)10-12(3,7-2)9-13/h11H,6-10,13H2,1-5H3. The third-order valence-electron chi connectivity index (χ3n) is 3.43. The van der Waals surface area contributed by atoms with Crippen LogP contribution in [-0.2, 0) is 0 Å². The van der Waals surface area contributed by atoms with Gasteiger partial charge in [-0.25, -0.2) is 0 Å². The average Bonchev–Trinajstić information content (AvgIpc) is 2.25. The maximum absolute atomic E-state index is 5.85. The molecule has 0 aliphatic rings. The molecule has 0 aliphatic heterocycles. The normalized spacial score (nSPS) is 17.8. The summed E-state index contributed by atoms with van der Waals surface area (Å²) < 4.78 is 0. The van der Waals surface area contributed by atoms with Crippen LogP contribution in [0.1, 0.15) is 33.6 Å². The van der Waals surface area contributed by atoms with E-state index < -0.39 is 0 Å². The number of hydrogen-bond acceptors (Lipinski definition) is 3. The molecule has 0 radical (unpaired) electrons. The van der Waals surface area contributed by atoms with Gasteiger partial charge in [0.2, 0.25) is 0 Å². The minimum absolute atomic E-state index is 0.278. The number of rotatable bonds is 8. The second kappa shape index (κ2) is 7.53. The number of hydrogen-bond donors (Lipinski definition) is 1. The lowest BCUT2D eigenvalue weighted by Gasteiger charge is -2.36. The van der Waals surface area contributed by atoms with E-state index >= 15 is 0 Å². The first-order valence-electron chi connectivity index (χ1n) is 5.92. The molecular formula is C12H28N2S. The molecule has 0 aromatic carbocycles. The zero-order chi connectivity index (χ0) is 11.9. The summed E-state index contributed by atoms with van der Waals surface area (Å²) in [5, 5.41) is 0. The Morgan fingerprint density at radius 1 is 1.40 bits per heavy atom. The van der Waals surface area contributed by atoms with Gasteiger partial charge in [0.25, 0.3) is 0 Å². The van der Waals surface area contributed by atoms with Gasteiger partial charge < -0.3 is 10.6 Å². The second-order valence-electron chi connectivity index (χ2n) is 4.80. The minimum Gasteiger partial charge on any atom is -0.330 e. The molecule has 2 unspecified atom stereocenters. The molecule has 0 saturated heterocycles. The Labute approximate surface area is 100.0 Å². The van der Waals surface area contributed by atoms with Gasteiger partial charge in [-0.1, -0.05) is 20.8 Å². The van der Waals surface area contributed by atoms with Crippen LogP contribution < -0.4 is 5.73 Å². The SMILES string of the molecule is CCC(CSC)N(C)CC(C)(CC)CN. The van der Waals surface area contributed by atoms with Crippen LogP contribution in [0.4, 0.5) is 0 Å². The summed E-state index contributed by atoms with van der Waals surface area (Å²) >= 11 is 1.93. The zero-order valence-electron chi connectivity index (χ0n) is 11.0. The largest absolute Gasteiger partial charge is 0.330 e. The third-order valence-corrected chi connectivity index (χ3v) is 4.15. The molecular weight excluding hydrogens is 204 g/mol. The number of thioether (sulfide) groups is 1. The molecule has 0 aliphatic carbocycles. The molecule has 2 atom stereocenters. The summed E-state index contributed by atoms with van der Waals surface area (Å²) in [5.74, 6) is 1.22. The fourth-order valence-corrected chi connectivity index (χ4v) is 2.68. The lowest BCUT2D eigenvalue weighted by molar-refractivity contribution is 0.155. The van der Waals surface area contributed by atoms with E-state index in [0.717, 1.165) is 19.5 Å². The van der Waals surface area contributed by atoms with E-state index in [0.29, 0.717) is 6.04 Å². The highest BCUT2D eigenvalue weighted by Gasteiger charge is 2.24. The van der Waals surface area contributed by atoms with Gasteiger partial charge in [0.15, 0.2) is 0 Å². The summed E-state index contributed by atoms with van der Waals surface area (Å²) in [6.07, 6.45) is 4.56. The number of nitrogens with zero attached hydrogens (tertiary/aromatic N) is 1. The van der Waals surface area contributed by atoms with Crippen molar-refractivity contribution in [2.75, 3.05) is 32.1 Å². The molecule has 0 aromatic heterocycles. The Morgan fingerprint density at radius 3 is 2.33 bits per heavy atom. The zero-order valence-corrected chi connectivity index (χ0v) is 11.9. The van der Waals surface area contributed by atoms with Crippen molar-refractivity contribution in [3.63, 3.8) is 0 Å². The van der Waals surface area contributed by atoms with Crippen LogP contribution in [-0.4, -0.2) is 43.1 Å². The molecule has 2 nitrogen and oxygen atoms in total. The van der Waals surface area contributed by atoms with Crippen LogP contribution in [0.25, 0.3) is 0 Å². The van der Waals surface area contributed by atoms with E-state index in [9.17, 15) is 0 Å². The van der Waals surface area contributed by atoms with E-state index in [1.54, 1.807) is 0 Å². The Kier molecular flexibility index (Phi) is 7.66. The van der Waals surface area contributed by atoms with Gasteiger partial charge in [-0.2, -0.15) is 11.8 Å². The molecule has 0 amide bonds. The third kappa shape index (κ3) is 5.23. The van der Waals surface area contributed by atoms with Crippen molar-refractivity contribution in [3.8, 4) is 0 Å². The van der Waals surface area contributed by atoms with Gasteiger partial charge in [0.1, 0.15) is 0 Å². The Hall–Kier alpha value is 0.270. The second-order valence-corrected chi connectivity index (χ2v) is 5.71. The van der Waals surface area contributed by atoms with Gasteiger partial charge in [-0.15, -0.1) is 0 Å². The van der Waals surface area contributed by atoms with Gasteiger partial charge in [-0.3, -0.25) is 0 Å². The predicted molar refractivity (Wildman–Crippen MR) is 72.5 cm³/mol. The molecule has 15 heavy (non-hydrogen) atoms. The van der Waals surface area contributed by atoms with Gasteiger partial charge >= 0.3 is 0 Å². The first kappa shape index (κ1) is 15.3.